The summed E-state index contributed by atoms with van der Waals surface area (Å²) in [4.78, 5) is 23.2. The number of benzene rings is 2. The third-order valence-corrected chi connectivity index (χ3v) is 3.03. The number of nitrogens with one attached hydrogen (secondary N) is 1. The molecule has 0 bridgehead atoms. The molecule has 0 aromatic heterocycles. The zero-order chi connectivity index (χ0) is 16.1. The molecule has 0 heterocycles. The van der Waals surface area contributed by atoms with Crippen LogP contribution in [0.15, 0.2) is 42.5 Å². The monoisotopic (exact) mass is 300 g/mol. The fraction of sp³-hybridized carbons (Fsp3) is 0.125. The summed E-state index contributed by atoms with van der Waals surface area (Å²) in [5, 5.41) is 3.09. The maximum Gasteiger partial charge on any atom is 0.340 e. The Bertz CT molecular complexity index is 696. The Labute approximate surface area is 127 Å². The van der Waals surface area contributed by atoms with Crippen molar-refractivity contribution in [1.82, 2.24) is 0 Å². The highest BCUT2D eigenvalue weighted by Gasteiger charge is 2.13. The highest BCUT2D eigenvalue weighted by atomic mass is 16.5. The van der Waals surface area contributed by atoms with Gasteiger partial charge in [0.05, 0.1) is 31.0 Å². The van der Waals surface area contributed by atoms with Gasteiger partial charge in [-0.3, -0.25) is 0 Å². The molecular weight excluding hydrogens is 284 g/mol. The Morgan fingerprint density at radius 2 is 1.59 bits per heavy atom. The van der Waals surface area contributed by atoms with Gasteiger partial charge in [0.25, 0.3) is 0 Å². The fourth-order valence-electron chi connectivity index (χ4n) is 1.91. The normalized spacial score (nSPS) is 9.91. The van der Waals surface area contributed by atoms with Crippen LogP contribution in [0.4, 0.5) is 17.1 Å². The molecule has 6 heteroatoms. The highest BCUT2D eigenvalue weighted by Crippen LogP contribution is 2.24. The molecule has 0 radical (unpaired) electrons. The third kappa shape index (κ3) is 3.35. The van der Waals surface area contributed by atoms with Crippen LogP contribution in [0.2, 0.25) is 0 Å². The van der Waals surface area contributed by atoms with Gasteiger partial charge in [-0.05, 0) is 42.5 Å². The van der Waals surface area contributed by atoms with Crippen LogP contribution < -0.4 is 11.1 Å². The minimum atomic E-state index is -0.485. The number of methoxy groups -OCH3 is 2. The lowest BCUT2D eigenvalue weighted by Gasteiger charge is -2.12. The molecule has 2 rings (SSSR count). The van der Waals surface area contributed by atoms with Crippen LogP contribution in [0.5, 0.6) is 0 Å². The molecule has 3 N–H and O–H groups in total. The molecule has 0 fully saturated rings. The van der Waals surface area contributed by atoms with Crippen molar-refractivity contribution in [3.8, 4) is 0 Å². The van der Waals surface area contributed by atoms with Crippen molar-refractivity contribution in [2.24, 2.45) is 0 Å². The van der Waals surface area contributed by atoms with Gasteiger partial charge in [-0.25, -0.2) is 9.59 Å². The molecule has 2 aromatic rings. The first-order valence-corrected chi connectivity index (χ1v) is 6.48. The van der Waals surface area contributed by atoms with Crippen molar-refractivity contribution < 1.29 is 19.1 Å². The second-order valence-electron chi connectivity index (χ2n) is 4.49. The molecule has 0 aliphatic rings. The van der Waals surface area contributed by atoms with Gasteiger partial charge < -0.3 is 20.5 Å². The topological polar surface area (TPSA) is 90.6 Å². The van der Waals surface area contributed by atoms with E-state index in [4.69, 9.17) is 10.5 Å². The van der Waals surface area contributed by atoms with Crippen LogP contribution >= 0.6 is 0 Å². The predicted molar refractivity (Wildman–Crippen MR) is 83.3 cm³/mol. The van der Waals surface area contributed by atoms with E-state index in [1.54, 1.807) is 36.4 Å². The van der Waals surface area contributed by atoms with Crippen molar-refractivity contribution in [2.45, 2.75) is 0 Å². The molecular formula is C16H16N2O4. The second-order valence-corrected chi connectivity index (χ2v) is 4.49. The minimum Gasteiger partial charge on any atom is -0.465 e. The molecule has 0 aliphatic heterocycles. The summed E-state index contributed by atoms with van der Waals surface area (Å²) >= 11 is 0. The summed E-state index contributed by atoms with van der Waals surface area (Å²) in [6.45, 7) is 0. The number of anilines is 3. The van der Waals surface area contributed by atoms with E-state index >= 15 is 0 Å². The number of ether oxygens (including phenoxy) is 2. The van der Waals surface area contributed by atoms with Crippen LogP contribution in [0.3, 0.4) is 0 Å². The van der Waals surface area contributed by atoms with Crippen LogP contribution in [0.25, 0.3) is 0 Å². The van der Waals surface area contributed by atoms with Crippen molar-refractivity contribution in [1.29, 1.82) is 0 Å². The molecule has 0 spiro atoms. The van der Waals surface area contributed by atoms with E-state index in [1.807, 2.05) is 0 Å². The SMILES string of the molecule is COC(=O)c1ccc(Nc2ccc(N)cc2C(=O)OC)cc1. The van der Waals surface area contributed by atoms with Gasteiger partial charge in [0.15, 0.2) is 0 Å². The zero-order valence-corrected chi connectivity index (χ0v) is 12.3. The number of nitrogen functional groups attached to an aromatic ring is 1. The molecule has 0 amide bonds. The quantitative estimate of drug-likeness (QED) is 0.666. The maximum absolute atomic E-state index is 11.8. The van der Waals surface area contributed by atoms with E-state index < -0.39 is 11.9 Å². The van der Waals surface area contributed by atoms with Crippen LogP contribution in [0.1, 0.15) is 20.7 Å². The molecule has 0 atom stereocenters. The lowest BCUT2D eigenvalue weighted by molar-refractivity contribution is 0.0592. The minimum absolute atomic E-state index is 0.333. The second kappa shape index (κ2) is 6.62. The number of hydrogen-bond acceptors (Lipinski definition) is 6. The average molecular weight is 300 g/mol. The van der Waals surface area contributed by atoms with Gasteiger partial charge in [0, 0.05) is 11.4 Å². The van der Waals surface area contributed by atoms with E-state index in [0.717, 1.165) is 0 Å². The number of esters is 2. The van der Waals surface area contributed by atoms with Gasteiger partial charge in [-0.2, -0.15) is 0 Å². The fourth-order valence-corrected chi connectivity index (χ4v) is 1.91. The Hall–Kier alpha value is -3.02. The van der Waals surface area contributed by atoms with E-state index in [2.05, 4.69) is 10.1 Å². The predicted octanol–water partition coefficient (Wildman–Crippen LogP) is 2.59. The molecule has 0 unspecified atom stereocenters. The van der Waals surface area contributed by atoms with Crippen molar-refractivity contribution in [2.75, 3.05) is 25.3 Å². The smallest absolute Gasteiger partial charge is 0.340 e. The van der Waals surface area contributed by atoms with Crippen LogP contribution in [0, 0.1) is 0 Å². The summed E-state index contributed by atoms with van der Waals surface area (Å²) in [6, 6.07) is 11.6. The Balaban J connectivity index is 2.27. The molecule has 0 saturated carbocycles. The summed E-state index contributed by atoms with van der Waals surface area (Å²) in [6.07, 6.45) is 0. The standard InChI is InChI=1S/C16H16N2O4/c1-21-15(19)10-3-6-12(7-4-10)18-14-8-5-11(17)9-13(14)16(20)22-2/h3-9,18H,17H2,1-2H3. The summed E-state index contributed by atoms with van der Waals surface area (Å²) < 4.78 is 9.38. The highest BCUT2D eigenvalue weighted by molar-refractivity contribution is 5.97. The first kappa shape index (κ1) is 15.4. The molecule has 2 aromatic carbocycles. The maximum atomic E-state index is 11.8. The van der Waals surface area contributed by atoms with Gasteiger partial charge in [-0.15, -0.1) is 0 Å². The number of carbonyl (C=O) groups is 2. The molecule has 0 aliphatic carbocycles. The van der Waals surface area contributed by atoms with Gasteiger partial charge >= 0.3 is 11.9 Å². The Kier molecular flexibility index (Phi) is 4.63. The summed E-state index contributed by atoms with van der Waals surface area (Å²) in [5.41, 5.74) is 8.21. The van der Waals surface area contributed by atoms with Crippen molar-refractivity contribution >= 4 is 29.0 Å². The number of hydrogen-bond donors (Lipinski definition) is 2. The molecule has 0 saturated heterocycles. The van der Waals surface area contributed by atoms with Gasteiger partial charge in [-0.1, -0.05) is 0 Å². The zero-order valence-electron chi connectivity index (χ0n) is 12.3. The first-order valence-electron chi connectivity index (χ1n) is 6.48. The van der Waals surface area contributed by atoms with Gasteiger partial charge in [0.1, 0.15) is 0 Å². The lowest BCUT2D eigenvalue weighted by atomic mass is 10.1. The molecule has 22 heavy (non-hydrogen) atoms. The van der Waals surface area contributed by atoms with Crippen LogP contribution in [-0.2, 0) is 9.47 Å². The Morgan fingerprint density at radius 1 is 0.955 bits per heavy atom. The number of nitrogens with two attached hydrogens (primary N) is 1. The van der Waals surface area contributed by atoms with Crippen molar-refractivity contribution in [3.63, 3.8) is 0 Å². The van der Waals surface area contributed by atoms with E-state index in [1.165, 1.54) is 20.3 Å². The summed E-state index contributed by atoms with van der Waals surface area (Å²) in [7, 11) is 2.63. The van der Waals surface area contributed by atoms with Gasteiger partial charge in [0.2, 0.25) is 0 Å². The Morgan fingerprint density at radius 3 is 2.18 bits per heavy atom. The van der Waals surface area contributed by atoms with Crippen molar-refractivity contribution in [3.05, 3.63) is 53.6 Å². The number of rotatable bonds is 4. The van der Waals surface area contributed by atoms with Crippen LogP contribution in [-0.4, -0.2) is 26.2 Å². The number of carbonyl (C=O) groups excluding carboxylic acids is 2. The summed E-state index contributed by atoms with van der Waals surface area (Å²) in [5.74, 6) is -0.893. The third-order valence-electron chi connectivity index (χ3n) is 3.03. The molecule has 114 valence electrons. The largest absolute Gasteiger partial charge is 0.465 e. The lowest BCUT2D eigenvalue weighted by Crippen LogP contribution is -2.07. The van der Waals surface area contributed by atoms with E-state index in [0.29, 0.717) is 28.2 Å². The van der Waals surface area contributed by atoms with E-state index in [-0.39, 0.29) is 0 Å². The first-order chi connectivity index (χ1) is 10.5. The molecule has 6 nitrogen and oxygen atoms in total. The average Bonchev–Trinajstić information content (AvgIpc) is 2.55. The van der Waals surface area contributed by atoms with E-state index in [9.17, 15) is 9.59 Å².